The first-order valence-corrected chi connectivity index (χ1v) is 6.18. The predicted octanol–water partition coefficient (Wildman–Crippen LogP) is 1.80. The van der Waals surface area contributed by atoms with Crippen LogP contribution in [0.2, 0.25) is 0 Å². The summed E-state index contributed by atoms with van der Waals surface area (Å²) in [4.78, 5) is 11.5. The van der Waals surface area contributed by atoms with Crippen molar-refractivity contribution in [2.45, 2.75) is 0 Å². The van der Waals surface area contributed by atoms with Gasteiger partial charge in [-0.2, -0.15) is 11.8 Å². The van der Waals surface area contributed by atoms with Crippen LogP contribution in [0.25, 0.3) is 0 Å². The number of carbonyl (C=O) groups is 1. The number of methoxy groups -OCH3 is 1. The third-order valence-electron chi connectivity index (χ3n) is 1.95. The summed E-state index contributed by atoms with van der Waals surface area (Å²) in [5, 5.41) is 0. The van der Waals surface area contributed by atoms with Crippen LogP contribution in [-0.4, -0.2) is 31.7 Å². The average Bonchev–Trinajstić information content (AvgIpc) is 2.30. The summed E-state index contributed by atoms with van der Waals surface area (Å²) in [5.41, 5.74) is 6.48. The zero-order valence-corrected chi connectivity index (χ0v) is 10.2. The van der Waals surface area contributed by atoms with E-state index >= 15 is 0 Å². The van der Waals surface area contributed by atoms with Gasteiger partial charge in [-0.1, -0.05) is 0 Å². The van der Waals surface area contributed by atoms with E-state index in [-0.39, 0.29) is 0 Å². The molecular weight excluding hydrogens is 226 g/mol. The molecule has 0 aliphatic heterocycles. The second kappa shape index (κ2) is 6.27. The number of esters is 1. The van der Waals surface area contributed by atoms with Crippen molar-refractivity contribution in [2.24, 2.45) is 0 Å². The molecule has 0 heterocycles. The summed E-state index contributed by atoms with van der Waals surface area (Å²) in [6, 6.07) is 4.93. The summed E-state index contributed by atoms with van der Waals surface area (Å²) in [7, 11) is 1.33. The van der Waals surface area contributed by atoms with Gasteiger partial charge in [0.05, 0.1) is 13.7 Å². The average molecular weight is 241 g/mol. The maximum absolute atomic E-state index is 11.5. The molecule has 0 radical (unpaired) electrons. The van der Waals surface area contributed by atoms with E-state index < -0.39 is 5.97 Å². The molecule has 2 N–H and O–H groups in total. The van der Waals surface area contributed by atoms with Crippen molar-refractivity contribution in [3.8, 4) is 5.75 Å². The molecule has 1 aromatic carbocycles. The van der Waals surface area contributed by atoms with E-state index in [1.165, 1.54) is 7.11 Å². The Morgan fingerprint density at radius 2 is 2.25 bits per heavy atom. The van der Waals surface area contributed by atoms with Crippen molar-refractivity contribution in [3.63, 3.8) is 0 Å². The molecule has 1 aromatic rings. The van der Waals surface area contributed by atoms with Crippen molar-refractivity contribution >= 4 is 23.4 Å². The number of rotatable bonds is 5. The molecule has 0 aliphatic rings. The Bertz CT molecular complexity index is 368. The molecule has 0 fully saturated rings. The molecule has 4 nitrogen and oxygen atoms in total. The minimum absolute atomic E-state index is 0.364. The first-order chi connectivity index (χ1) is 7.69. The number of hydrogen-bond acceptors (Lipinski definition) is 5. The van der Waals surface area contributed by atoms with Crippen LogP contribution in [0, 0.1) is 0 Å². The van der Waals surface area contributed by atoms with Gasteiger partial charge in [-0.3, -0.25) is 0 Å². The van der Waals surface area contributed by atoms with Gasteiger partial charge in [-0.05, 0) is 24.5 Å². The molecule has 0 saturated carbocycles. The van der Waals surface area contributed by atoms with Gasteiger partial charge in [0.15, 0.2) is 0 Å². The molecular formula is C11H15NO3S. The fourth-order valence-corrected chi connectivity index (χ4v) is 1.43. The summed E-state index contributed by atoms with van der Waals surface area (Å²) in [6.45, 7) is 0.551. The van der Waals surface area contributed by atoms with Crippen molar-refractivity contribution in [1.82, 2.24) is 0 Å². The highest BCUT2D eigenvalue weighted by Crippen LogP contribution is 2.22. The van der Waals surface area contributed by atoms with Crippen LogP contribution >= 0.6 is 11.8 Å². The number of thioether (sulfide) groups is 1. The molecule has 0 aromatic heterocycles. The summed E-state index contributed by atoms with van der Waals surface area (Å²) in [5.74, 6) is 0.937. The van der Waals surface area contributed by atoms with Crippen molar-refractivity contribution in [1.29, 1.82) is 0 Å². The van der Waals surface area contributed by atoms with E-state index in [4.69, 9.17) is 10.5 Å². The summed E-state index contributed by atoms with van der Waals surface area (Å²) < 4.78 is 10.1. The summed E-state index contributed by atoms with van der Waals surface area (Å²) in [6.07, 6.45) is 1.99. The SMILES string of the molecule is COC(=O)c1cc(N)ccc1OCCSC. The van der Waals surface area contributed by atoms with Gasteiger partial charge in [0.2, 0.25) is 0 Å². The maximum atomic E-state index is 11.5. The van der Waals surface area contributed by atoms with Crippen LogP contribution < -0.4 is 10.5 Å². The quantitative estimate of drug-likeness (QED) is 0.484. The van der Waals surface area contributed by atoms with Crippen molar-refractivity contribution in [3.05, 3.63) is 23.8 Å². The van der Waals surface area contributed by atoms with Crippen LogP contribution in [0.15, 0.2) is 18.2 Å². The summed E-state index contributed by atoms with van der Waals surface area (Å²) >= 11 is 1.68. The number of carbonyl (C=O) groups excluding carboxylic acids is 1. The largest absolute Gasteiger partial charge is 0.492 e. The molecule has 0 saturated heterocycles. The van der Waals surface area contributed by atoms with Gasteiger partial charge in [0, 0.05) is 11.4 Å². The lowest BCUT2D eigenvalue weighted by Crippen LogP contribution is -2.08. The number of nitrogen functional groups attached to an aromatic ring is 1. The zero-order chi connectivity index (χ0) is 12.0. The first-order valence-electron chi connectivity index (χ1n) is 4.78. The fraction of sp³-hybridized carbons (Fsp3) is 0.364. The minimum atomic E-state index is -0.438. The number of hydrogen-bond donors (Lipinski definition) is 1. The predicted molar refractivity (Wildman–Crippen MR) is 66.1 cm³/mol. The van der Waals surface area contributed by atoms with Gasteiger partial charge in [-0.15, -0.1) is 0 Å². The minimum Gasteiger partial charge on any atom is -0.492 e. The van der Waals surface area contributed by atoms with E-state index in [2.05, 4.69) is 4.74 Å². The Morgan fingerprint density at radius 3 is 2.88 bits per heavy atom. The molecule has 5 heteroatoms. The van der Waals surface area contributed by atoms with Gasteiger partial charge < -0.3 is 15.2 Å². The van der Waals surface area contributed by atoms with E-state index in [0.717, 1.165) is 5.75 Å². The van der Waals surface area contributed by atoms with Gasteiger partial charge in [0.1, 0.15) is 11.3 Å². The normalized spacial score (nSPS) is 9.88. The Kier molecular flexibility index (Phi) is 4.98. The third kappa shape index (κ3) is 3.34. The fourth-order valence-electron chi connectivity index (χ4n) is 1.18. The van der Waals surface area contributed by atoms with Crippen LogP contribution in [0.4, 0.5) is 5.69 Å². The Morgan fingerprint density at radius 1 is 1.50 bits per heavy atom. The third-order valence-corrected chi connectivity index (χ3v) is 2.53. The number of anilines is 1. The molecule has 0 unspecified atom stereocenters. The lowest BCUT2D eigenvalue weighted by atomic mass is 10.2. The highest BCUT2D eigenvalue weighted by Gasteiger charge is 2.13. The molecule has 0 bridgehead atoms. The van der Waals surface area contributed by atoms with E-state index in [9.17, 15) is 4.79 Å². The first kappa shape index (κ1) is 12.7. The number of ether oxygens (including phenoxy) is 2. The monoisotopic (exact) mass is 241 g/mol. The topological polar surface area (TPSA) is 61.5 Å². The van der Waals surface area contributed by atoms with Gasteiger partial charge in [0.25, 0.3) is 0 Å². The number of benzene rings is 1. The lowest BCUT2D eigenvalue weighted by molar-refractivity contribution is 0.0596. The van der Waals surface area contributed by atoms with E-state index in [1.807, 2.05) is 6.26 Å². The Balaban J connectivity index is 2.85. The zero-order valence-electron chi connectivity index (χ0n) is 9.36. The Labute approximate surface area is 99.1 Å². The second-order valence-electron chi connectivity index (χ2n) is 3.09. The standard InChI is InChI=1S/C11H15NO3S/c1-14-11(13)9-7-8(12)3-4-10(9)15-5-6-16-2/h3-4,7H,5-6,12H2,1-2H3. The van der Waals surface area contributed by atoms with E-state index in [0.29, 0.717) is 23.6 Å². The second-order valence-corrected chi connectivity index (χ2v) is 4.07. The van der Waals surface area contributed by atoms with Crippen LogP contribution in [0.1, 0.15) is 10.4 Å². The van der Waals surface area contributed by atoms with Crippen LogP contribution in [0.5, 0.6) is 5.75 Å². The molecule has 0 spiro atoms. The van der Waals surface area contributed by atoms with Gasteiger partial charge >= 0.3 is 5.97 Å². The lowest BCUT2D eigenvalue weighted by Gasteiger charge is -2.10. The molecule has 0 amide bonds. The smallest absolute Gasteiger partial charge is 0.341 e. The van der Waals surface area contributed by atoms with Crippen molar-refractivity contribution in [2.75, 3.05) is 31.5 Å². The van der Waals surface area contributed by atoms with Gasteiger partial charge in [-0.25, -0.2) is 4.79 Å². The number of nitrogens with two attached hydrogens (primary N) is 1. The molecule has 88 valence electrons. The maximum Gasteiger partial charge on any atom is 0.341 e. The molecule has 16 heavy (non-hydrogen) atoms. The van der Waals surface area contributed by atoms with Crippen LogP contribution in [-0.2, 0) is 4.74 Å². The molecule has 1 rings (SSSR count). The molecule has 0 atom stereocenters. The highest BCUT2D eigenvalue weighted by atomic mass is 32.2. The highest BCUT2D eigenvalue weighted by molar-refractivity contribution is 7.98. The van der Waals surface area contributed by atoms with E-state index in [1.54, 1.807) is 30.0 Å². The van der Waals surface area contributed by atoms with Crippen LogP contribution in [0.3, 0.4) is 0 Å². The molecule has 0 aliphatic carbocycles. The Hall–Kier alpha value is -1.36. The van der Waals surface area contributed by atoms with Crippen molar-refractivity contribution < 1.29 is 14.3 Å².